The van der Waals surface area contributed by atoms with Crippen molar-refractivity contribution in [3.05, 3.63) is 37.2 Å². The Morgan fingerprint density at radius 3 is 2.62 bits per heavy atom. The highest BCUT2D eigenvalue weighted by Gasteiger charge is 2.31. The van der Waals surface area contributed by atoms with E-state index in [1.165, 1.54) is 28.7 Å². The molecular weight excluding hydrogens is 398 g/mol. The number of ether oxygens (including phenoxy) is 1. The first-order valence-corrected chi connectivity index (χ1v) is 10.3. The summed E-state index contributed by atoms with van der Waals surface area (Å²) in [6, 6.07) is 4.80. The van der Waals surface area contributed by atoms with Gasteiger partial charge in [0.1, 0.15) is 11.2 Å². The molecule has 11 heteroatoms. The van der Waals surface area contributed by atoms with Crippen LogP contribution in [0.15, 0.2) is 42.1 Å². The third kappa shape index (κ3) is 4.20. The lowest BCUT2D eigenvalue weighted by atomic mass is 10.2. The van der Waals surface area contributed by atoms with E-state index in [0.717, 1.165) is 6.08 Å². The van der Waals surface area contributed by atoms with E-state index in [4.69, 9.17) is 4.74 Å². The first-order valence-electron chi connectivity index (χ1n) is 8.84. The standard InChI is InChI=1S/C18H21N5O5S/c1-3-15(24)19-11-16(25)22-7-9-23(10-8-22)29(26,27)14-6-4-5-13-17(14)20-12-21-18(13)28-2/h3-6,12H,1,7-11H2,2H3,(H,19,24). The predicted octanol–water partition coefficient (Wildman–Crippen LogP) is -0.226. The first-order chi connectivity index (χ1) is 13.9. The molecule has 0 radical (unpaired) electrons. The van der Waals surface area contributed by atoms with Crippen LogP contribution in [0.2, 0.25) is 0 Å². The molecule has 0 aliphatic carbocycles. The molecule has 0 unspecified atom stereocenters. The van der Waals surface area contributed by atoms with Gasteiger partial charge in [-0.3, -0.25) is 9.59 Å². The van der Waals surface area contributed by atoms with Crippen molar-refractivity contribution < 1.29 is 22.7 Å². The molecule has 154 valence electrons. The number of para-hydroxylation sites is 1. The van der Waals surface area contributed by atoms with Crippen LogP contribution in [0.1, 0.15) is 0 Å². The monoisotopic (exact) mass is 419 g/mol. The van der Waals surface area contributed by atoms with Crippen molar-refractivity contribution in [1.29, 1.82) is 0 Å². The number of benzene rings is 1. The van der Waals surface area contributed by atoms with Crippen molar-refractivity contribution in [3.63, 3.8) is 0 Å². The number of sulfonamides is 1. The van der Waals surface area contributed by atoms with Gasteiger partial charge < -0.3 is 15.0 Å². The fourth-order valence-electron chi connectivity index (χ4n) is 3.07. The summed E-state index contributed by atoms with van der Waals surface area (Å²) in [4.78, 5) is 33.1. The number of hydrogen-bond acceptors (Lipinski definition) is 7. The summed E-state index contributed by atoms with van der Waals surface area (Å²) < 4.78 is 32.9. The van der Waals surface area contributed by atoms with Crippen LogP contribution in [0.5, 0.6) is 5.88 Å². The van der Waals surface area contributed by atoms with Gasteiger partial charge >= 0.3 is 0 Å². The number of piperazine rings is 1. The van der Waals surface area contributed by atoms with Gasteiger partial charge in [0.15, 0.2) is 0 Å². The molecule has 0 atom stereocenters. The van der Waals surface area contributed by atoms with Crippen LogP contribution < -0.4 is 10.1 Å². The first kappa shape index (κ1) is 20.7. The maximum Gasteiger partial charge on any atom is 0.245 e. The minimum absolute atomic E-state index is 0.0636. The van der Waals surface area contributed by atoms with E-state index >= 15 is 0 Å². The van der Waals surface area contributed by atoms with E-state index in [1.54, 1.807) is 12.1 Å². The van der Waals surface area contributed by atoms with Gasteiger partial charge in [-0.15, -0.1) is 0 Å². The van der Waals surface area contributed by atoms with Crippen LogP contribution in [-0.4, -0.2) is 79.2 Å². The summed E-state index contributed by atoms with van der Waals surface area (Å²) in [6.45, 7) is 3.90. The maximum atomic E-state index is 13.2. The minimum atomic E-state index is -3.83. The molecule has 0 bridgehead atoms. The molecule has 1 aliphatic rings. The van der Waals surface area contributed by atoms with Gasteiger partial charge in [0.05, 0.1) is 24.6 Å². The van der Waals surface area contributed by atoms with E-state index in [-0.39, 0.29) is 49.0 Å². The highest BCUT2D eigenvalue weighted by molar-refractivity contribution is 7.89. The van der Waals surface area contributed by atoms with Crippen LogP contribution in [0.25, 0.3) is 10.9 Å². The van der Waals surface area contributed by atoms with Crippen molar-refractivity contribution in [3.8, 4) is 5.88 Å². The van der Waals surface area contributed by atoms with E-state index in [9.17, 15) is 18.0 Å². The molecule has 1 aliphatic heterocycles. The highest BCUT2D eigenvalue weighted by Crippen LogP contribution is 2.28. The Balaban J connectivity index is 1.76. The van der Waals surface area contributed by atoms with E-state index < -0.39 is 15.9 Å². The van der Waals surface area contributed by atoms with E-state index in [0.29, 0.717) is 11.3 Å². The summed E-state index contributed by atoms with van der Waals surface area (Å²) in [7, 11) is -2.37. The number of rotatable bonds is 6. The van der Waals surface area contributed by atoms with Gasteiger partial charge in [0, 0.05) is 26.2 Å². The topological polar surface area (TPSA) is 122 Å². The summed E-state index contributed by atoms with van der Waals surface area (Å²) in [5.41, 5.74) is 0.282. The fraction of sp³-hybridized carbons (Fsp3) is 0.333. The molecule has 2 heterocycles. The molecule has 0 spiro atoms. The zero-order valence-electron chi connectivity index (χ0n) is 15.9. The van der Waals surface area contributed by atoms with Gasteiger partial charge in [0.2, 0.25) is 27.7 Å². The van der Waals surface area contributed by atoms with E-state index in [1.807, 2.05) is 0 Å². The van der Waals surface area contributed by atoms with Crippen molar-refractivity contribution >= 4 is 32.7 Å². The number of hydrogen-bond donors (Lipinski definition) is 1. The Morgan fingerprint density at radius 1 is 1.24 bits per heavy atom. The predicted molar refractivity (Wildman–Crippen MR) is 105 cm³/mol. The van der Waals surface area contributed by atoms with Gasteiger partial charge in [-0.2, -0.15) is 4.31 Å². The average Bonchev–Trinajstić information content (AvgIpc) is 2.76. The number of aromatic nitrogens is 2. The summed E-state index contributed by atoms with van der Waals surface area (Å²) in [6.07, 6.45) is 2.34. The number of nitrogens with one attached hydrogen (secondary N) is 1. The quantitative estimate of drug-likeness (QED) is 0.642. The number of fused-ring (bicyclic) bond motifs is 1. The third-order valence-corrected chi connectivity index (χ3v) is 6.52. The van der Waals surface area contributed by atoms with Gasteiger partial charge in [0.25, 0.3) is 0 Å². The van der Waals surface area contributed by atoms with Crippen molar-refractivity contribution in [2.45, 2.75) is 4.90 Å². The summed E-state index contributed by atoms with van der Waals surface area (Å²) in [5, 5.41) is 2.92. The Labute approximate surface area is 168 Å². The Morgan fingerprint density at radius 2 is 1.97 bits per heavy atom. The smallest absolute Gasteiger partial charge is 0.245 e. The lowest BCUT2D eigenvalue weighted by molar-refractivity contribution is -0.133. The number of carbonyl (C=O) groups is 2. The molecule has 1 aromatic heterocycles. The molecule has 1 aromatic carbocycles. The normalized spacial score (nSPS) is 15.1. The number of amides is 2. The zero-order chi connectivity index (χ0) is 21.0. The van der Waals surface area contributed by atoms with Gasteiger partial charge in [-0.1, -0.05) is 12.6 Å². The Hall–Kier alpha value is -3.05. The maximum absolute atomic E-state index is 13.2. The van der Waals surface area contributed by atoms with Crippen molar-refractivity contribution in [2.75, 3.05) is 39.8 Å². The van der Waals surface area contributed by atoms with Crippen LogP contribution in [-0.2, 0) is 19.6 Å². The Kier molecular flexibility index (Phi) is 6.09. The molecule has 10 nitrogen and oxygen atoms in total. The average molecular weight is 419 g/mol. The zero-order valence-corrected chi connectivity index (χ0v) is 16.7. The van der Waals surface area contributed by atoms with Crippen LogP contribution in [0.3, 0.4) is 0 Å². The summed E-state index contributed by atoms with van der Waals surface area (Å²) in [5.74, 6) is -0.420. The second-order valence-corrected chi connectivity index (χ2v) is 8.15. The second-order valence-electron chi connectivity index (χ2n) is 6.24. The van der Waals surface area contributed by atoms with Crippen LogP contribution in [0, 0.1) is 0 Å². The SMILES string of the molecule is C=CC(=O)NCC(=O)N1CCN(S(=O)(=O)c2cccc3c(OC)ncnc23)CC1. The summed E-state index contributed by atoms with van der Waals surface area (Å²) >= 11 is 0. The largest absolute Gasteiger partial charge is 0.480 e. The van der Waals surface area contributed by atoms with Crippen LogP contribution >= 0.6 is 0 Å². The van der Waals surface area contributed by atoms with Crippen LogP contribution in [0.4, 0.5) is 0 Å². The number of carbonyl (C=O) groups excluding carboxylic acids is 2. The molecule has 2 aromatic rings. The molecule has 1 saturated heterocycles. The minimum Gasteiger partial charge on any atom is -0.480 e. The Bertz CT molecular complexity index is 1050. The molecule has 1 N–H and O–H groups in total. The van der Waals surface area contributed by atoms with Crippen molar-refractivity contribution in [1.82, 2.24) is 24.5 Å². The number of methoxy groups -OCH3 is 1. The molecule has 3 rings (SSSR count). The molecular formula is C18H21N5O5S. The molecule has 29 heavy (non-hydrogen) atoms. The third-order valence-electron chi connectivity index (χ3n) is 4.59. The number of nitrogens with zero attached hydrogens (tertiary/aromatic N) is 4. The highest BCUT2D eigenvalue weighted by atomic mass is 32.2. The van der Waals surface area contributed by atoms with Gasteiger partial charge in [-0.05, 0) is 18.2 Å². The second kappa shape index (κ2) is 8.53. The molecule has 2 amide bonds. The van der Waals surface area contributed by atoms with Gasteiger partial charge in [-0.25, -0.2) is 18.4 Å². The van der Waals surface area contributed by atoms with Crippen molar-refractivity contribution in [2.24, 2.45) is 0 Å². The lowest BCUT2D eigenvalue weighted by Crippen LogP contribution is -2.52. The van der Waals surface area contributed by atoms with E-state index in [2.05, 4.69) is 21.9 Å². The molecule has 0 saturated carbocycles. The lowest BCUT2D eigenvalue weighted by Gasteiger charge is -2.34. The fourth-order valence-corrected chi connectivity index (χ4v) is 4.65. The molecule has 1 fully saturated rings.